The van der Waals surface area contributed by atoms with Gasteiger partial charge < -0.3 is 10.5 Å². The largest absolute Gasteiger partial charge is 0.469 e. The molecular weight excluding hydrogens is 104 g/mol. The molecule has 0 aliphatic carbocycles. The highest BCUT2D eigenvalue weighted by molar-refractivity contribution is 5.64. The van der Waals surface area contributed by atoms with E-state index in [0.29, 0.717) is 5.88 Å². The van der Waals surface area contributed by atoms with Gasteiger partial charge >= 0.3 is 0 Å². The van der Waals surface area contributed by atoms with Crippen LogP contribution in [-0.4, -0.2) is 12.3 Å². The lowest BCUT2D eigenvalue weighted by Gasteiger charge is -2.11. The third-order valence-corrected chi connectivity index (χ3v) is 0.820. The zero-order valence-corrected chi connectivity index (χ0v) is 4.66. The van der Waals surface area contributed by atoms with Gasteiger partial charge in [0, 0.05) is 6.21 Å². The van der Waals surface area contributed by atoms with Gasteiger partial charge in [-0.25, -0.2) is 0 Å². The maximum absolute atomic E-state index is 5.25. The van der Waals surface area contributed by atoms with E-state index < -0.39 is 0 Å². The van der Waals surface area contributed by atoms with Crippen molar-refractivity contribution in [3.63, 3.8) is 0 Å². The van der Waals surface area contributed by atoms with Gasteiger partial charge in [0.25, 0.3) is 0 Å². The maximum atomic E-state index is 5.25. The zero-order chi connectivity index (χ0) is 5.98. The Labute approximate surface area is 47.9 Å². The Balaban J connectivity index is 2.59. The van der Waals surface area contributed by atoms with Gasteiger partial charge in [-0.05, 0) is 6.92 Å². The Kier molecular flexibility index (Phi) is 1.20. The Morgan fingerprint density at radius 2 is 2.62 bits per heavy atom. The fourth-order valence-electron chi connectivity index (χ4n) is 0.513. The summed E-state index contributed by atoms with van der Waals surface area (Å²) in [6.45, 7) is 1.88. The van der Waals surface area contributed by atoms with E-state index in [2.05, 4.69) is 4.99 Å². The molecule has 0 amide bonds. The molecule has 0 saturated heterocycles. The van der Waals surface area contributed by atoms with Crippen LogP contribution in [0.2, 0.25) is 0 Å². The van der Waals surface area contributed by atoms with Gasteiger partial charge in [0.05, 0.1) is 6.20 Å². The first-order chi connectivity index (χ1) is 3.79. The number of nitrogens with two attached hydrogens (primary N) is 1. The van der Waals surface area contributed by atoms with Crippen LogP contribution in [0.1, 0.15) is 6.92 Å². The van der Waals surface area contributed by atoms with E-state index in [1.54, 1.807) is 6.21 Å². The number of ether oxygens (including phenoxy) is 1. The molecular formula is C5H8N2O. The molecule has 3 nitrogen and oxygen atoms in total. The summed E-state index contributed by atoms with van der Waals surface area (Å²) in [6, 6.07) is 0. The smallest absolute Gasteiger partial charge is 0.203 e. The SMILES string of the molecule is CC1C=NC=C(N)O1. The summed E-state index contributed by atoms with van der Waals surface area (Å²) in [7, 11) is 0. The highest BCUT2D eigenvalue weighted by atomic mass is 16.5. The third kappa shape index (κ3) is 0.992. The normalized spacial score (nSPS) is 26.6. The van der Waals surface area contributed by atoms with E-state index in [9.17, 15) is 0 Å². The van der Waals surface area contributed by atoms with Crippen LogP contribution < -0.4 is 5.73 Å². The molecule has 0 aromatic carbocycles. The van der Waals surface area contributed by atoms with Crippen LogP contribution >= 0.6 is 0 Å². The van der Waals surface area contributed by atoms with Gasteiger partial charge in [-0.15, -0.1) is 0 Å². The second-order valence-corrected chi connectivity index (χ2v) is 1.65. The summed E-state index contributed by atoms with van der Waals surface area (Å²) in [5.41, 5.74) is 5.25. The van der Waals surface area contributed by atoms with E-state index >= 15 is 0 Å². The van der Waals surface area contributed by atoms with Crippen molar-refractivity contribution in [3.05, 3.63) is 12.1 Å². The topological polar surface area (TPSA) is 47.6 Å². The lowest BCUT2D eigenvalue weighted by atomic mass is 10.4. The molecule has 0 radical (unpaired) electrons. The highest BCUT2D eigenvalue weighted by Gasteiger charge is 2.01. The number of hydrogen-bond donors (Lipinski definition) is 1. The van der Waals surface area contributed by atoms with Crippen molar-refractivity contribution in [1.29, 1.82) is 0 Å². The molecule has 44 valence electrons. The standard InChI is InChI=1S/C5H8N2O/c1-4-2-7-3-5(6)8-4/h2-4H,6H2,1H3. The van der Waals surface area contributed by atoms with Crippen molar-refractivity contribution in [1.82, 2.24) is 0 Å². The Morgan fingerprint density at radius 3 is 3.00 bits per heavy atom. The molecule has 1 aliphatic rings. The first kappa shape index (κ1) is 5.15. The quantitative estimate of drug-likeness (QED) is 0.487. The molecule has 0 spiro atoms. The minimum absolute atomic E-state index is 0.0278. The van der Waals surface area contributed by atoms with Gasteiger partial charge in [0.2, 0.25) is 5.88 Å². The van der Waals surface area contributed by atoms with Gasteiger partial charge in [0.15, 0.2) is 0 Å². The van der Waals surface area contributed by atoms with Gasteiger partial charge in [0.1, 0.15) is 6.10 Å². The lowest BCUT2D eigenvalue weighted by molar-refractivity contribution is 0.180. The average Bonchev–Trinajstić information content (AvgIpc) is 1.64. The molecule has 1 rings (SSSR count). The molecule has 2 N–H and O–H groups in total. The van der Waals surface area contributed by atoms with Crippen LogP contribution in [0, 0.1) is 0 Å². The van der Waals surface area contributed by atoms with Crippen LogP contribution in [-0.2, 0) is 4.74 Å². The zero-order valence-electron chi connectivity index (χ0n) is 4.66. The van der Waals surface area contributed by atoms with Crippen LogP contribution in [0.3, 0.4) is 0 Å². The minimum Gasteiger partial charge on any atom is -0.469 e. The summed E-state index contributed by atoms with van der Waals surface area (Å²) >= 11 is 0. The number of rotatable bonds is 0. The van der Waals surface area contributed by atoms with Crippen molar-refractivity contribution in [3.8, 4) is 0 Å². The fraction of sp³-hybridized carbons (Fsp3) is 0.400. The monoisotopic (exact) mass is 112 g/mol. The number of nitrogens with zero attached hydrogens (tertiary/aromatic N) is 1. The summed E-state index contributed by atoms with van der Waals surface area (Å²) in [4.78, 5) is 3.80. The van der Waals surface area contributed by atoms with Crippen molar-refractivity contribution in [2.24, 2.45) is 10.7 Å². The van der Waals surface area contributed by atoms with Gasteiger partial charge in [-0.2, -0.15) is 0 Å². The van der Waals surface area contributed by atoms with Crippen molar-refractivity contribution < 1.29 is 4.74 Å². The molecule has 1 atom stereocenters. The molecule has 3 heteroatoms. The molecule has 1 unspecified atom stereocenters. The summed E-state index contributed by atoms with van der Waals surface area (Å²) < 4.78 is 4.98. The summed E-state index contributed by atoms with van der Waals surface area (Å²) in [5.74, 6) is 0.389. The second kappa shape index (κ2) is 1.86. The summed E-state index contributed by atoms with van der Waals surface area (Å²) in [5, 5.41) is 0. The Bertz CT molecular complexity index is 139. The first-order valence-corrected chi connectivity index (χ1v) is 2.44. The Morgan fingerprint density at radius 1 is 1.88 bits per heavy atom. The third-order valence-electron chi connectivity index (χ3n) is 0.820. The lowest BCUT2D eigenvalue weighted by Crippen LogP contribution is -2.16. The predicted molar refractivity (Wildman–Crippen MR) is 31.3 cm³/mol. The van der Waals surface area contributed by atoms with E-state index in [1.165, 1.54) is 6.20 Å². The average molecular weight is 112 g/mol. The molecule has 0 aromatic heterocycles. The predicted octanol–water partition coefficient (Wildman–Crippen LogP) is 0.234. The first-order valence-electron chi connectivity index (χ1n) is 2.44. The van der Waals surface area contributed by atoms with Crippen LogP contribution in [0.4, 0.5) is 0 Å². The second-order valence-electron chi connectivity index (χ2n) is 1.65. The molecule has 1 heterocycles. The van der Waals surface area contributed by atoms with Gasteiger partial charge in [-0.1, -0.05) is 0 Å². The molecule has 0 fully saturated rings. The number of aliphatic imine (C=N–C) groups is 1. The van der Waals surface area contributed by atoms with Crippen LogP contribution in [0.15, 0.2) is 17.1 Å². The summed E-state index contributed by atoms with van der Waals surface area (Å²) in [6.07, 6.45) is 3.20. The molecule has 0 aromatic rings. The van der Waals surface area contributed by atoms with Crippen LogP contribution in [0.25, 0.3) is 0 Å². The van der Waals surface area contributed by atoms with Crippen LogP contribution in [0.5, 0.6) is 0 Å². The van der Waals surface area contributed by atoms with E-state index in [-0.39, 0.29) is 6.10 Å². The van der Waals surface area contributed by atoms with E-state index in [1.807, 2.05) is 6.92 Å². The van der Waals surface area contributed by atoms with E-state index in [0.717, 1.165) is 0 Å². The van der Waals surface area contributed by atoms with Crippen molar-refractivity contribution in [2.75, 3.05) is 0 Å². The minimum atomic E-state index is 0.0278. The van der Waals surface area contributed by atoms with E-state index in [4.69, 9.17) is 10.5 Å². The molecule has 8 heavy (non-hydrogen) atoms. The Hall–Kier alpha value is -0.990. The molecule has 0 saturated carbocycles. The number of hydrogen-bond acceptors (Lipinski definition) is 3. The maximum Gasteiger partial charge on any atom is 0.203 e. The van der Waals surface area contributed by atoms with Crippen molar-refractivity contribution >= 4 is 6.21 Å². The van der Waals surface area contributed by atoms with Gasteiger partial charge in [-0.3, -0.25) is 4.99 Å². The fourth-order valence-corrected chi connectivity index (χ4v) is 0.513. The highest BCUT2D eigenvalue weighted by Crippen LogP contribution is 1.99. The van der Waals surface area contributed by atoms with Crippen molar-refractivity contribution in [2.45, 2.75) is 13.0 Å². The molecule has 0 bridgehead atoms. The molecule has 1 aliphatic heterocycles.